The molecule has 0 bridgehead atoms. The van der Waals surface area contributed by atoms with Crippen LogP contribution in [-0.2, 0) is 6.61 Å². The van der Waals surface area contributed by atoms with Crippen molar-refractivity contribution in [1.29, 1.82) is 0 Å². The van der Waals surface area contributed by atoms with E-state index in [-0.39, 0.29) is 27.6 Å². The molecule has 0 saturated carbocycles. The normalized spacial score (nSPS) is 11.0. The largest absolute Gasteiger partial charge is 0.391 e. The van der Waals surface area contributed by atoms with Gasteiger partial charge in [0, 0.05) is 11.1 Å². The fourth-order valence-corrected chi connectivity index (χ4v) is 2.62. The molecular formula is C16H9Cl2F2NO2. The molecule has 118 valence electrons. The lowest BCUT2D eigenvalue weighted by atomic mass is 10.0. The maximum absolute atomic E-state index is 13.9. The van der Waals surface area contributed by atoms with Gasteiger partial charge in [-0.1, -0.05) is 34.4 Å². The van der Waals surface area contributed by atoms with Gasteiger partial charge < -0.3 is 9.63 Å². The van der Waals surface area contributed by atoms with E-state index in [1.165, 1.54) is 0 Å². The van der Waals surface area contributed by atoms with Gasteiger partial charge in [-0.2, -0.15) is 0 Å². The van der Waals surface area contributed by atoms with E-state index in [2.05, 4.69) is 5.16 Å². The van der Waals surface area contributed by atoms with Crippen molar-refractivity contribution >= 4 is 23.2 Å². The number of hydrogen-bond acceptors (Lipinski definition) is 3. The Kier molecular flexibility index (Phi) is 4.35. The Balaban J connectivity index is 2.21. The highest BCUT2D eigenvalue weighted by Gasteiger charge is 2.23. The van der Waals surface area contributed by atoms with Gasteiger partial charge in [-0.05, 0) is 30.3 Å². The molecule has 0 saturated heterocycles. The van der Waals surface area contributed by atoms with Crippen molar-refractivity contribution in [2.75, 3.05) is 0 Å². The van der Waals surface area contributed by atoms with Crippen molar-refractivity contribution in [3.63, 3.8) is 0 Å². The highest BCUT2D eigenvalue weighted by molar-refractivity contribution is 6.43. The van der Waals surface area contributed by atoms with E-state index >= 15 is 0 Å². The van der Waals surface area contributed by atoms with Gasteiger partial charge in [-0.25, -0.2) is 8.78 Å². The summed E-state index contributed by atoms with van der Waals surface area (Å²) in [5.74, 6) is -1.16. The molecule has 0 spiro atoms. The predicted octanol–water partition coefficient (Wildman–Crippen LogP) is 5.09. The number of aliphatic hydroxyl groups is 1. The molecule has 0 aliphatic carbocycles. The fourth-order valence-electron chi connectivity index (χ4n) is 2.24. The SMILES string of the molecule is OCc1c(-c2cc(F)ccc2F)noc1-c1cccc(Cl)c1Cl. The van der Waals surface area contributed by atoms with Gasteiger partial charge in [0.25, 0.3) is 0 Å². The Labute approximate surface area is 140 Å². The highest BCUT2D eigenvalue weighted by atomic mass is 35.5. The number of hydrogen-bond donors (Lipinski definition) is 1. The van der Waals surface area contributed by atoms with Crippen LogP contribution in [0, 0.1) is 11.6 Å². The lowest BCUT2D eigenvalue weighted by molar-refractivity contribution is 0.281. The first-order valence-electron chi connectivity index (χ1n) is 6.52. The third kappa shape index (κ3) is 2.83. The average molecular weight is 356 g/mol. The van der Waals surface area contributed by atoms with Crippen molar-refractivity contribution in [2.24, 2.45) is 0 Å². The van der Waals surface area contributed by atoms with Gasteiger partial charge in [-0.15, -0.1) is 0 Å². The lowest BCUT2D eigenvalue weighted by Crippen LogP contribution is -1.93. The molecular weight excluding hydrogens is 347 g/mol. The Morgan fingerprint density at radius 2 is 1.87 bits per heavy atom. The number of aliphatic hydroxyl groups excluding tert-OH is 1. The predicted molar refractivity (Wildman–Crippen MR) is 83.2 cm³/mol. The molecule has 0 radical (unpaired) electrons. The zero-order valence-corrected chi connectivity index (χ0v) is 13.0. The molecule has 1 aromatic heterocycles. The summed E-state index contributed by atoms with van der Waals surface area (Å²) in [5, 5.41) is 13.9. The molecule has 7 heteroatoms. The quantitative estimate of drug-likeness (QED) is 0.711. The molecule has 0 fully saturated rings. The molecule has 2 aromatic carbocycles. The number of halogens is 4. The van der Waals surface area contributed by atoms with Crippen molar-refractivity contribution < 1.29 is 18.4 Å². The summed E-state index contributed by atoms with van der Waals surface area (Å²) < 4.78 is 32.6. The first-order chi connectivity index (χ1) is 11.0. The number of nitrogens with zero attached hydrogens (tertiary/aromatic N) is 1. The third-order valence-corrected chi connectivity index (χ3v) is 4.14. The molecule has 3 rings (SSSR count). The Morgan fingerprint density at radius 1 is 1.09 bits per heavy atom. The summed E-state index contributed by atoms with van der Waals surface area (Å²) in [6, 6.07) is 7.82. The molecule has 1 N–H and O–H groups in total. The first-order valence-corrected chi connectivity index (χ1v) is 7.27. The van der Waals surface area contributed by atoms with E-state index in [9.17, 15) is 13.9 Å². The van der Waals surface area contributed by atoms with Gasteiger partial charge in [-0.3, -0.25) is 0 Å². The van der Waals surface area contributed by atoms with E-state index in [1.807, 2.05) is 0 Å². The molecule has 0 aliphatic heterocycles. The Morgan fingerprint density at radius 3 is 2.61 bits per heavy atom. The van der Waals surface area contributed by atoms with Crippen molar-refractivity contribution in [3.8, 4) is 22.6 Å². The van der Waals surface area contributed by atoms with E-state index < -0.39 is 18.2 Å². The van der Waals surface area contributed by atoms with Gasteiger partial charge >= 0.3 is 0 Å². The minimum Gasteiger partial charge on any atom is -0.391 e. The smallest absolute Gasteiger partial charge is 0.174 e. The van der Waals surface area contributed by atoms with Crippen LogP contribution in [0.1, 0.15) is 5.56 Å². The molecule has 0 atom stereocenters. The second-order valence-corrected chi connectivity index (χ2v) is 5.51. The molecule has 0 unspecified atom stereocenters. The summed E-state index contributed by atoms with van der Waals surface area (Å²) in [6.07, 6.45) is 0. The number of benzene rings is 2. The van der Waals surface area contributed by atoms with Crippen LogP contribution < -0.4 is 0 Å². The van der Waals surface area contributed by atoms with Crippen molar-refractivity contribution in [1.82, 2.24) is 5.16 Å². The topological polar surface area (TPSA) is 46.3 Å². The van der Waals surface area contributed by atoms with Crippen LogP contribution in [0.3, 0.4) is 0 Å². The third-order valence-electron chi connectivity index (χ3n) is 3.33. The molecule has 1 heterocycles. The van der Waals surface area contributed by atoms with Gasteiger partial charge in [0.05, 0.1) is 22.2 Å². The van der Waals surface area contributed by atoms with Gasteiger partial charge in [0.15, 0.2) is 5.76 Å². The van der Waals surface area contributed by atoms with E-state index in [0.29, 0.717) is 10.6 Å². The number of aromatic nitrogens is 1. The maximum atomic E-state index is 13.9. The molecule has 3 aromatic rings. The maximum Gasteiger partial charge on any atom is 0.174 e. The minimum atomic E-state index is -0.682. The second-order valence-electron chi connectivity index (χ2n) is 4.72. The van der Waals surface area contributed by atoms with Gasteiger partial charge in [0.2, 0.25) is 0 Å². The zero-order chi connectivity index (χ0) is 16.6. The molecule has 3 nitrogen and oxygen atoms in total. The number of rotatable bonds is 3. The Bertz CT molecular complexity index is 861. The monoisotopic (exact) mass is 355 g/mol. The standard InChI is InChI=1S/C16H9Cl2F2NO2/c17-12-3-1-2-9(14(12)18)16-11(7-22)15(21-23-16)10-6-8(19)4-5-13(10)20/h1-6,22H,7H2. The summed E-state index contributed by atoms with van der Waals surface area (Å²) in [7, 11) is 0. The Hall–Kier alpha value is -1.95. The van der Waals surface area contributed by atoms with Crippen LogP contribution in [0.25, 0.3) is 22.6 Å². The van der Waals surface area contributed by atoms with Crippen LogP contribution in [0.2, 0.25) is 10.0 Å². The molecule has 23 heavy (non-hydrogen) atoms. The van der Waals surface area contributed by atoms with Crippen LogP contribution in [0.5, 0.6) is 0 Å². The van der Waals surface area contributed by atoms with Crippen LogP contribution in [0.15, 0.2) is 40.9 Å². The first kappa shape index (κ1) is 15.9. The van der Waals surface area contributed by atoms with Crippen LogP contribution >= 0.6 is 23.2 Å². The summed E-state index contributed by atoms with van der Waals surface area (Å²) >= 11 is 12.1. The highest BCUT2D eigenvalue weighted by Crippen LogP contribution is 2.39. The molecule has 0 amide bonds. The van der Waals surface area contributed by atoms with Crippen molar-refractivity contribution in [3.05, 3.63) is 63.6 Å². The van der Waals surface area contributed by atoms with E-state index in [0.717, 1.165) is 18.2 Å². The van der Waals surface area contributed by atoms with Crippen LogP contribution in [0.4, 0.5) is 8.78 Å². The minimum absolute atomic E-state index is 0.00976. The van der Waals surface area contributed by atoms with E-state index in [1.54, 1.807) is 18.2 Å². The fraction of sp³-hybridized carbons (Fsp3) is 0.0625. The van der Waals surface area contributed by atoms with E-state index in [4.69, 9.17) is 27.7 Å². The second kappa shape index (κ2) is 6.28. The van der Waals surface area contributed by atoms with Crippen LogP contribution in [-0.4, -0.2) is 10.3 Å². The zero-order valence-electron chi connectivity index (χ0n) is 11.5. The summed E-state index contributed by atoms with van der Waals surface area (Å²) in [6.45, 7) is -0.493. The van der Waals surface area contributed by atoms with Crippen molar-refractivity contribution in [2.45, 2.75) is 6.61 Å². The lowest BCUT2D eigenvalue weighted by Gasteiger charge is -2.05. The molecule has 0 aliphatic rings. The summed E-state index contributed by atoms with van der Waals surface area (Å²) in [4.78, 5) is 0. The average Bonchev–Trinajstić information content (AvgIpc) is 2.96. The summed E-state index contributed by atoms with van der Waals surface area (Å²) in [5.41, 5.74) is 0.496. The van der Waals surface area contributed by atoms with Gasteiger partial charge in [0.1, 0.15) is 17.3 Å².